The molecule has 0 heterocycles. The lowest BCUT2D eigenvalue weighted by atomic mass is 10.0. The van der Waals surface area contributed by atoms with E-state index in [1.807, 2.05) is 24.3 Å². The van der Waals surface area contributed by atoms with E-state index in [9.17, 15) is 4.79 Å². The van der Waals surface area contributed by atoms with E-state index in [0.29, 0.717) is 5.75 Å². The van der Waals surface area contributed by atoms with Crippen molar-refractivity contribution in [3.8, 4) is 5.75 Å². The lowest BCUT2D eigenvalue weighted by molar-refractivity contribution is -0.141. The van der Waals surface area contributed by atoms with E-state index < -0.39 is 6.04 Å². The molecule has 16 heavy (non-hydrogen) atoms. The summed E-state index contributed by atoms with van der Waals surface area (Å²) in [5.74, 6) is 0.363. The first-order chi connectivity index (χ1) is 7.19. The van der Waals surface area contributed by atoms with Gasteiger partial charge in [0.2, 0.25) is 0 Å². The number of carbonyl (C=O) groups is 1. The fraction of sp³-hybridized carbons (Fsp3) is 0.364. The molecule has 4 nitrogen and oxygen atoms in total. The van der Waals surface area contributed by atoms with E-state index in [-0.39, 0.29) is 24.8 Å². The standard InChI is InChI=1S/C11H15NO3.ClH/c1-14-10-6-4-3-5-8(10)9(12)7-11(13)15-2;/h3-6,9H,7,12H2,1-2H3;1H. The summed E-state index contributed by atoms with van der Waals surface area (Å²) in [4.78, 5) is 11.1. The van der Waals surface area contributed by atoms with Crippen molar-refractivity contribution in [2.24, 2.45) is 5.73 Å². The molecule has 2 N–H and O–H groups in total. The van der Waals surface area contributed by atoms with Crippen molar-refractivity contribution in [1.29, 1.82) is 0 Å². The average Bonchev–Trinajstić information content (AvgIpc) is 2.28. The predicted octanol–water partition coefficient (Wildman–Crippen LogP) is 1.68. The first-order valence-corrected chi connectivity index (χ1v) is 4.64. The van der Waals surface area contributed by atoms with E-state index in [1.165, 1.54) is 7.11 Å². The molecule has 0 aliphatic carbocycles. The Morgan fingerprint density at radius 3 is 2.56 bits per heavy atom. The highest BCUT2D eigenvalue weighted by molar-refractivity contribution is 5.85. The number of hydrogen-bond acceptors (Lipinski definition) is 4. The summed E-state index contributed by atoms with van der Waals surface area (Å²) in [7, 11) is 2.92. The molecule has 0 bridgehead atoms. The normalized spacial score (nSPS) is 11.2. The summed E-state index contributed by atoms with van der Waals surface area (Å²) < 4.78 is 9.71. The number of carbonyl (C=O) groups excluding carboxylic acids is 1. The lowest BCUT2D eigenvalue weighted by Crippen LogP contribution is -2.17. The summed E-state index contributed by atoms with van der Waals surface area (Å²) in [5, 5.41) is 0. The smallest absolute Gasteiger partial charge is 0.307 e. The minimum atomic E-state index is -0.395. The van der Waals surface area contributed by atoms with Crippen LogP contribution in [0, 0.1) is 0 Å². The average molecular weight is 246 g/mol. The van der Waals surface area contributed by atoms with Crippen LogP contribution in [0.2, 0.25) is 0 Å². The van der Waals surface area contributed by atoms with Crippen LogP contribution in [0.15, 0.2) is 24.3 Å². The summed E-state index contributed by atoms with van der Waals surface area (Å²) in [6.45, 7) is 0. The highest BCUT2D eigenvalue weighted by atomic mass is 35.5. The first-order valence-electron chi connectivity index (χ1n) is 4.64. The van der Waals surface area contributed by atoms with Crippen molar-refractivity contribution in [3.05, 3.63) is 29.8 Å². The van der Waals surface area contributed by atoms with Gasteiger partial charge in [0, 0.05) is 11.6 Å². The van der Waals surface area contributed by atoms with Crippen molar-refractivity contribution < 1.29 is 14.3 Å². The Kier molecular flexibility index (Phi) is 6.53. The SMILES string of the molecule is COC(=O)CC(N)c1ccccc1OC.Cl. The van der Waals surface area contributed by atoms with Crippen molar-refractivity contribution in [2.75, 3.05) is 14.2 Å². The predicted molar refractivity (Wildman–Crippen MR) is 63.8 cm³/mol. The molecule has 0 aromatic heterocycles. The van der Waals surface area contributed by atoms with Gasteiger partial charge in [0.05, 0.1) is 20.6 Å². The van der Waals surface area contributed by atoms with Gasteiger partial charge in [-0.2, -0.15) is 0 Å². The number of ether oxygens (including phenoxy) is 2. The molecule has 0 spiro atoms. The molecule has 1 atom stereocenters. The molecule has 0 radical (unpaired) electrons. The molecule has 90 valence electrons. The highest BCUT2D eigenvalue weighted by Gasteiger charge is 2.15. The van der Waals surface area contributed by atoms with Crippen LogP contribution >= 0.6 is 12.4 Å². The molecule has 1 rings (SSSR count). The molecule has 0 fully saturated rings. The number of methoxy groups -OCH3 is 2. The molecular weight excluding hydrogens is 230 g/mol. The molecule has 0 amide bonds. The summed E-state index contributed by atoms with van der Waals surface area (Å²) >= 11 is 0. The Balaban J connectivity index is 0.00000225. The quantitative estimate of drug-likeness (QED) is 0.820. The third kappa shape index (κ3) is 3.72. The van der Waals surface area contributed by atoms with Gasteiger partial charge in [0.25, 0.3) is 0 Å². The van der Waals surface area contributed by atoms with Crippen LogP contribution in [-0.4, -0.2) is 20.2 Å². The Labute approximate surface area is 101 Å². The minimum absolute atomic E-state index is 0. The topological polar surface area (TPSA) is 61.5 Å². The second kappa shape index (κ2) is 7.09. The van der Waals surface area contributed by atoms with Gasteiger partial charge in [-0.3, -0.25) is 4.79 Å². The van der Waals surface area contributed by atoms with Gasteiger partial charge in [0.15, 0.2) is 0 Å². The van der Waals surface area contributed by atoms with Gasteiger partial charge in [0.1, 0.15) is 5.75 Å². The van der Waals surface area contributed by atoms with Crippen LogP contribution in [0.4, 0.5) is 0 Å². The fourth-order valence-electron chi connectivity index (χ4n) is 1.35. The van der Waals surface area contributed by atoms with Crippen LogP contribution in [0.1, 0.15) is 18.0 Å². The Morgan fingerprint density at radius 2 is 2.00 bits per heavy atom. The van der Waals surface area contributed by atoms with E-state index in [4.69, 9.17) is 10.5 Å². The van der Waals surface area contributed by atoms with Crippen molar-refractivity contribution >= 4 is 18.4 Å². The second-order valence-corrected chi connectivity index (χ2v) is 3.13. The van der Waals surface area contributed by atoms with Crippen LogP contribution in [-0.2, 0) is 9.53 Å². The van der Waals surface area contributed by atoms with Crippen molar-refractivity contribution in [2.45, 2.75) is 12.5 Å². The summed E-state index contributed by atoms with van der Waals surface area (Å²) in [6.07, 6.45) is 0.150. The largest absolute Gasteiger partial charge is 0.496 e. The van der Waals surface area contributed by atoms with Gasteiger partial charge in [-0.15, -0.1) is 12.4 Å². The third-order valence-corrected chi connectivity index (χ3v) is 2.15. The molecule has 0 saturated carbocycles. The molecular formula is C11H16ClNO3. The number of halogens is 1. The third-order valence-electron chi connectivity index (χ3n) is 2.15. The maximum absolute atomic E-state index is 11.1. The van der Waals surface area contributed by atoms with Crippen LogP contribution in [0.25, 0.3) is 0 Å². The number of hydrogen-bond donors (Lipinski definition) is 1. The van der Waals surface area contributed by atoms with Crippen LogP contribution in [0.3, 0.4) is 0 Å². The molecule has 1 unspecified atom stereocenters. The van der Waals surface area contributed by atoms with Crippen molar-refractivity contribution in [1.82, 2.24) is 0 Å². The van der Waals surface area contributed by atoms with Gasteiger partial charge in [-0.25, -0.2) is 0 Å². The molecule has 0 aliphatic rings. The highest BCUT2D eigenvalue weighted by Crippen LogP contribution is 2.25. The number of nitrogens with two attached hydrogens (primary N) is 1. The molecule has 1 aromatic rings. The first kappa shape index (κ1) is 14.7. The Hall–Kier alpha value is -1.26. The van der Waals surface area contributed by atoms with E-state index >= 15 is 0 Å². The number of esters is 1. The molecule has 0 saturated heterocycles. The summed E-state index contributed by atoms with van der Waals surface area (Å²) in [6, 6.07) is 6.97. The monoisotopic (exact) mass is 245 g/mol. The zero-order valence-electron chi connectivity index (χ0n) is 9.30. The van der Waals surface area contributed by atoms with Crippen LogP contribution in [0.5, 0.6) is 5.75 Å². The maximum Gasteiger partial charge on any atom is 0.307 e. The van der Waals surface area contributed by atoms with Gasteiger partial charge in [-0.05, 0) is 6.07 Å². The summed E-state index contributed by atoms with van der Waals surface area (Å²) in [5.41, 5.74) is 6.68. The lowest BCUT2D eigenvalue weighted by Gasteiger charge is -2.14. The van der Waals surface area contributed by atoms with Gasteiger partial charge >= 0.3 is 5.97 Å². The fourth-order valence-corrected chi connectivity index (χ4v) is 1.35. The maximum atomic E-state index is 11.1. The number of rotatable bonds is 4. The zero-order valence-corrected chi connectivity index (χ0v) is 10.1. The molecule has 5 heteroatoms. The Bertz CT molecular complexity index is 344. The number of para-hydroxylation sites is 1. The van der Waals surface area contributed by atoms with E-state index in [2.05, 4.69) is 4.74 Å². The van der Waals surface area contributed by atoms with E-state index in [0.717, 1.165) is 5.56 Å². The molecule has 1 aromatic carbocycles. The van der Waals surface area contributed by atoms with Gasteiger partial charge < -0.3 is 15.2 Å². The second-order valence-electron chi connectivity index (χ2n) is 3.13. The minimum Gasteiger partial charge on any atom is -0.496 e. The van der Waals surface area contributed by atoms with Gasteiger partial charge in [-0.1, -0.05) is 18.2 Å². The van der Waals surface area contributed by atoms with Crippen molar-refractivity contribution in [3.63, 3.8) is 0 Å². The zero-order chi connectivity index (χ0) is 11.3. The van der Waals surface area contributed by atoms with E-state index in [1.54, 1.807) is 7.11 Å². The van der Waals surface area contributed by atoms with Crippen LogP contribution < -0.4 is 10.5 Å². The number of benzene rings is 1. The molecule has 0 aliphatic heterocycles. The Morgan fingerprint density at radius 1 is 1.38 bits per heavy atom.